The minimum atomic E-state index is -0.131. The summed E-state index contributed by atoms with van der Waals surface area (Å²) in [7, 11) is 0. The van der Waals surface area contributed by atoms with E-state index in [-0.39, 0.29) is 18.5 Å². The fraction of sp³-hybridized carbons (Fsp3) is 0.647. The molecule has 0 radical (unpaired) electrons. The van der Waals surface area contributed by atoms with Gasteiger partial charge in [0.2, 0.25) is 0 Å². The lowest BCUT2D eigenvalue weighted by Crippen LogP contribution is -2.30. The molecule has 4 heteroatoms. The molecule has 0 bridgehead atoms. The highest BCUT2D eigenvalue weighted by Crippen LogP contribution is 2.31. The van der Waals surface area contributed by atoms with E-state index in [1.807, 2.05) is 12.1 Å². The number of rotatable bonds is 7. The number of nitrogens with zero attached hydrogens (tertiary/aromatic N) is 1. The van der Waals surface area contributed by atoms with Gasteiger partial charge in [-0.05, 0) is 56.8 Å². The summed E-state index contributed by atoms with van der Waals surface area (Å²) in [5.74, 6) is -0.131. The molecule has 2 atom stereocenters. The molecule has 0 aromatic heterocycles. The van der Waals surface area contributed by atoms with Gasteiger partial charge >= 0.3 is 0 Å². The van der Waals surface area contributed by atoms with Crippen LogP contribution in [-0.4, -0.2) is 30.8 Å². The van der Waals surface area contributed by atoms with E-state index in [2.05, 4.69) is 24.1 Å². The molecule has 1 heterocycles. The Hall–Kier alpha value is -1.13. The van der Waals surface area contributed by atoms with Crippen molar-refractivity contribution in [3.63, 3.8) is 0 Å². The summed E-state index contributed by atoms with van der Waals surface area (Å²) in [4.78, 5) is 2.17. The average molecular weight is 294 g/mol. The van der Waals surface area contributed by atoms with Gasteiger partial charge in [-0.2, -0.15) is 0 Å². The second kappa shape index (κ2) is 7.76. The first kappa shape index (κ1) is 16.2. The Bertz CT molecular complexity index is 452. The van der Waals surface area contributed by atoms with Gasteiger partial charge in [-0.3, -0.25) is 0 Å². The number of benzene rings is 1. The highest BCUT2D eigenvalue weighted by molar-refractivity contribution is 5.51. The summed E-state index contributed by atoms with van der Waals surface area (Å²) in [5, 5.41) is 12.3. The maximum Gasteiger partial charge on any atom is 0.146 e. The molecule has 0 spiro atoms. The van der Waals surface area contributed by atoms with Crippen molar-refractivity contribution >= 4 is 5.69 Å². The Morgan fingerprint density at radius 1 is 1.48 bits per heavy atom. The third-order valence-electron chi connectivity index (χ3n) is 4.36. The van der Waals surface area contributed by atoms with Gasteiger partial charge in [0.25, 0.3) is 0 Å². The Balaban J connectivity index is 2.12. The molecule has 2 unspecified atom stereocenters. The first-order valence-corrected chi connectivity index (χ1v) is 8.07. The maximum absolute atomic E-state index is 14.5. The number of anilines is 1. The van der Waals surface area contributed by atoms with Gasteiger partial charge < -0.3 is 15.3 Å². The van der Waals surface area contributed by atoms with Gasteiger partial charge in [0.15, 0.2) is 0 Å². The van der Waals surface area contributed by atoms with Crippen molar-refractivity contribution in [2.45, 2.75) is 51.6 Å². The number of hydrogen-bond donors (Lipinski definition) is 2. The van der Waals surface area contributed by atoms with E-state index >= 15 is 0 Å². The summed E-state index contributed by atoms with van der Waals surface area (Å²) in [6, 6.07) is 6.12. The zero-order valence-corrected chi connectivity index (χ0v) is 13.1. The molecule has 2 rings (SSSR count). The summed E-state index contributed by atoms with van der Waals surface area (Å²) in [6.07, 6.45) is 3.92. The predicted octanol–water partition coefficient (Wildman–Crippen LogP) is 3.24. The predicted molar refractivity (Wildman–Crippen MR) is 85.2 cm³/mol. The van der Waals surface area contributed by atoms with Gasteiger partial charge in [-0.15, -0.1) is 0 Å². The lowest BCUT2D eigenvalue weighted by atomic mass is 10.1. The normalized spacial score (nSPS) is 20.0. The summed E-state index contributed by atoms with van der Waals surface area (Å²) in [5.41, 5.74) is 1.70. The smallest absolute Gasteiger partial charge is 0.146 e. The van der Waals surface area contributed by atoms with Gasteiger partial charge in [-0.1, -0.05) is 13.0 Å². The lowest BCUT2D eigenvalue weighted by molar-refractivity contribution is 0.279. The number of halogens is 1. The molecule has 1 aromatic rings. The van der Waals surface area contributed by atoms with Gasteiger partial charge in [0.1, 0.15) is 5.82 Å². The summed E-state index contributed by atoms with van der Waals surface area (Å²) < 4.78 is 14.5. The van der Waals surface area contributed by atoms with Crippen molar-refractivity contribution in [1.82, 2.24) is 5.32 Å². The fourth-order valence-electron chi connectivity index (χ4n) is 3.23. The standard InChI is InChI=1S/C17H27FN2O/c1-3-19-13(2)14-8-9-17(16(18)12-14)20-10-4-6-15(20)7-5-11-21/h8-9,12-13,15,19,21H,3-7,10-11H2,1-2H3. The first-order chi connectivity index (χ1) is 10.2. The van der Waals surface area contributed by atoms with Crippen LogP contribution in [-0.2, 0) is 0 Å². The molecular weight excluding hydrogens is 267 g/mol. The zero-order valence-electron chi connectivity index (χ0n) is 13.1. The van der Waals surface area contributed by atoms with Crippen LogP contribution in [0.3, 0.4) is 0 Å². The van der Waals surface area contributed by atoms with Crippen molar-refractivity contribution in [2.75, 3.05) is 24.6 Å². The van der Waals surface area contributed by atoms with E-state index in [0.29, 0.717) is 11.7 Å². The van der Waals surface area contributed by atoms with Crippen LogP contribution in [0.2, 0.25) is 0 Å². The van der Waals surface area contributed by atoms with E-state index < -0.39 is 0 Å². The summed E-state index contributed by atoms with van der Waals surface area (Å²) >= 11 is 0. The molecule has 1 fully saturated rings. The van der Waals surface area contributed by atoms with Crippen LogP contribution in [0, 0.1) is 5.82 Å². The highest BCUT2D eigenvalue weighted by atomic mass is 19.1. The summed E-state index contributed by atoms with van der Waals surface area (Å²) in [6.45, 7) is 6.11. The molecule has 1 aliphatic rings. The van der Waals surface area contributed by atoms with E-state index in [1.165, 1.54) is 0 Å². The topological polar surface area (TPSA) is 35.5 Å². The van der Waals surface area contributed by atoms with Crippen LogP contribution >= 0.6 is 0 Å². The SMILES string of the molecule is CCNC(C)c1ccc(N2CCCC2CCCO)c(F)c1. The largest absolute Gasteiger partial charge is 0.396 e. The van der Waals surface area contributed by atoms with Crippen LogP contribution < -0.4 is 10.2 Å². The molecule has 0 aliphatic carbocycles. The molecule has 118 valence electrons. The molecule has 21 heavy (non-hydrogen) atoms. The average Bonchev–Trinajstić information content (AvgIpc) is 2.93. The van der Waals surface area contributed by atoms with Gasteiger partial charge in [0.05, 0.1) is 5.69 Å². The van der Waals surface area contributed by atoms with E-state index in [0.717, 1.165) is 44.3 Å². The van der Waals surface area contributed by atoms with Crippen LogP contribution in [0.4, 0.5) is 10.1 Å². The lowest BCUT2D eigenvalue weighted by Gasteiger charge is -2.27. The monoisotopic (exact) mass is 294 g/mol. The molecule has 3 nitrogen and oxygen atoms in total. The van der Waals surface area contributed by atoms with Crippen LogP contribution in [0.5, 0.6) is 0 Å². The van der Waals surface area contributed by atoms with Gasteiger partial charge in [0, 0.05) is 25.2 Å². The molecule has 1 aromatic carbocycles. The van der Waals surface area contributed by atoms with Crippen molar-refractivity contribution in [3.05, 3.63) is 29.6 Å². The minimum absolute atomic E-state index is 0.131. The van der Waals surface area contributed by atoms with Crippen LogP contribution in [0.25, 0.3) is 0 Å². The third kappa shape index (κ3) is 3.95. The highest BCUT2D eigenvalue weighted by Gasteiger charge is 2.26. The second-order valence-electron chi connectivity index (χ2n) is 5.85. The molecular formula is C17H27FN2O. The van der Waals surface area contributed by atoms with E-state index in [1.54, 1.807) is 6.07 Å². The number of nitrogens with one attached hydrogen (secondary N) is 1. The first-order valence-electron chi connectivity index (χ1n) is 8.07. The van der Waals surface area contributed by atoms with Crippen LogP contribution in [0.15, 0.2) is 18.2 Å². The Morgan fingerprint density at radius 3 is 2.95 bits per heavy atom. The Labute approximate surface area is 127 Å². The minimum Gasteiger partial charge on any atom is -0.396 e. The number of aliphatic hydroxyl groups is 1. The Morgan fingerprint density at radius 2 is 2.29 bits per heavy atom. The molecule has 0 amide bonds. The number of hydrogen-bond acceptors (Lipinski definition) is 3. The number of aliphatic hydroxyl groups excluding tert-OH is 1. The quantitative estimate of drug-likeness (QED) is 0.810. The Kier molecular flexibility index (Phi) is 6.00. The van der Waals surface area contributed by atoms with Crippen molar-refractivity contribution in [1.29, 1.82) is 0 Å². The van der Waals surface area contributed by atoms with E-state index in [9.17, 15) is 4.39 Å². The second-order valence-corrected chi connectivity index (χ2v) is 5.85. The van der Waals surface area contributed by atoms with Crippen molar-refractivity contribution < 1.29 is 9.50 Å². The van der Waals surface area contributed by atoms with Crippen molar-refractivity contribution in [3.8, 4) is 0 Å². The maximum atomic E-state index is 14.5. The molecule has 1 aliphatic heterocycles. The van der Waals surface area contributed by atoms with Crippen LogP contribution in [0.1, 0.15) is 51.1 Å². The zero-order chi connectivity index (χ0) is 15.2. The van der Waals surface area contributed by atoms with Crippen molar-refractivity contribution in [2.24, 2.45) is 0 Å². The van der Waals surface area contributed by atoms with Gasteiger partial charge in [-0.25, -0.2) is 4.39 Å². The molecule has 0 saturated carbocycles. The molecule has 1 saturated heterocycles. The fourth-order valence-corrected chi connectivity index (χ4v) is 3.23. The molecule has 2 N–H and O–H groups in total. The van der Waals surface area contributed by atoms with E-state index in [4.69, 9.17) is 5.11 Å². The third-order valence-corrected chi connectivity index (χ3v) is 4.36.